The number of fused-ring (bicyclic) bond motifs is 2. The smallest absolute Gasteiger partial charge is 0.410 e. The Bertz CT molecular complexity index is 462. The lowest BCUT2D eigenvalue weighted by Crippen LogP contribution is -2.42. The largest absolute Gasteiger partial charge is 0.445 e. The van der Waals surface area contributed by atoms with E-state index in [-0.39, 0.29) is 24.5 Å². The van der Waals surface area contributed by atoms with E-state index < -0.39 is 12.2 Å². The number of amides is 1. The molecule has 2 fully saturated rings. The molecule has 2 N–H and O–H groups in total. The van der Waals surface area contributed by atoms with Crippen LogP contribution in [0, 0.1) is 11.8 Å². The number of piperidine rings is 1. The van der Waals surface area contributed by atoms with Crippen LogP contribution in [-0.4, -0.2) is 46.5 Å². The summed E-state index contributed by atoms with van der Waals surface area (Å²) < 4.78 is 5.29. The van der Waals surface area contributed by atoms with Crippen LogP contribution >= 0.6 is 0 Å². The zero-order valence-electron chi connectivity index (χ0n) is 11.2. The summed E-state index contributed by atoms with van der Waals surface area (Å²) in [4.78, 5) is 13.6. The second kappa shape index (κ2) is 5.42. The van der Waals surface area contributed by atoms with Crippen molar-refractivity contribution in [2.24, 2.45) is 11.8 Å². The van der Waals surface area contributed by atoms with Gasteiger partial charge in [-0.05, 0) is 12.0 Å². The van der Waals surface area contributed by atoms with Crippen LogP contribution in [0.2, 0.25) is 0 Å². The molecule has 3 rings (SSSR count). The summed E-state index contributed by atoms with van der Waals surface area (Å²) in [5.41, 5.74) is 0.945. The fourth-order valence-electron chi connectivity index (χ4n) is 3.19. The number of nitrogens with zero attached hydrogens (tertiary/aromatic N) is 1. The van der Waals surface area contributed by atoms with Crippen LogP contribution in [0.4, 0.5) is 4.79 Å². The highest BCUT2D eigenvalue weighted by Crippen LogP contribution is 2.37. The average molecular weight is 277 g/mol. The van der Waals surface area contributed by atoms with E-state index in [1.807, 2.05) is 30.3 Å². The lowest BCUT2D eigenvalue weighted by molar-refractivity contribution is 0.0130. The van der Waals surface area contributed by atoms with Crippen molar-refractivity contribution in [2.45, 2.75) is 25.2 Å². The molecule has 20 heavy (non-hydrogen) atoms. The molecule has 1 aliphatic carbocycles. The molecule has 1 aromatic rings. The molecule has 5 heteroatoms. The van der Waals surface area contributed by atoms with Gasteiger partial charge in [-0.2, -0.15) is 0 Å². The monoisotopic (exact) mass is 277 g/mol. The number of likely N-dealkylation sites (tertiary alicyclic amines) is 1. The van der Waals surface area contributed by atoms with E-state index in [2.05, 4.69) is 0 Å². The summed E-state index contributed by atoms with van der Waals surface area (Å²) in [6.45, 7) is 1.17. The van der Waals surface area contributed by atoms with Gasteiger partial charge in [-0.25, -0.2) is 4.79 Å². The Balaban J connectivity index is 1.56. The SMILES string of the molecule is O=C(OCc1ccccc1)N1CC2CC(C1)C(O)C2O. The number of hydrogen-bond donors (Lipinski definition) is 2. The zero-order chi connectivity index (χ0) is 14.1. The van der Waals surface area contributed by atoms with E-state index in [0.717, 1.165) is 12.0 Å². The highest BCUT2D eigenvalue weighted by Gasteiger charge is 2.47. The molecule has 0 spiro atoms. The second-order valence-electron chi connectivity index (χ2n) is 5.68. The number of aliphatic hydroxyl groups is 2. The van der Waals surface area contributed by atoms with E-state index >= 15 is 0 Å². The van der Waals surface area contributed by atoms with E-state index in [9.17, 15) is 15.0 Å². The van der Waals surface area contributed by atoms with Crippen molar-refractivity contribution in [3.05, 3.63) is 35.9 Å². The summed E-state index contributed by atoms with van der Waals surface area (Å²) in [7, 11) is 0. The summed E-state index contributed by atoms with van der Waals surface area (Å²) in [5.74, 6) is -0.0685. The molecule has 0 radical (unpaired) electrons. The van der Waals surface area contributed by atoms with Crippen molar-refractivity contribution in [3.63, 3.8) is 0 Å². The van der Waals surface area contributed by atoms with Crippen LogP contribution in [0.5, 0.6) is 0 Å². The van der Waals surface area contributed by atoms with Gasteiger partial charge in [0.2, 0.25) is 0 Å². The van der Waals surface area contributed by atoms with Gasteiger partial charge in [-0.1, -0.05) is 30.3 Å². The van der Waals surface area contributed by atoms with E-state index in [0.29, 0.717) is 13.1 Å². The normalized spacial score (nSPS) is 32.2. The lowest BCUT2D eigenvalue weighted by Gasteiger charge is -2.31. The fourth-order valence-corrected chi connectivity index (χ4v) is 3.19. The zero-order valence-corrected chi connectivity index (χ0v) is 11.2. The van der Waals surface area contributed by atoms with Crippen molar-refractivity contribution < 1.29 is 19.7 Å². The number of carbonyl (C=O) groups is 1. The van der Waals surface area contributed by atoms with Gasteiger partial charge in [0.05, 0.1) is 12.2 Å². The standard InChI is InChI=1S/C15H19NO4/c17-13-11-6-12(14(13)18)8-16(7-11)15(19)20-9-10-4-2-1-3-5-10/h1-5,11-14,17-18H,6-9H2. The van der Waals surface area contributed by atoms with Gasteiger partial charge in [0.25, 0.3) is 0 Å². The van der Waals surface area contributed by atoms with Crippen molar-refractivity contribution >= 4 is 6.09 Å². The highest BCUT2D eigenvalue weighted by atomic mass is 16.6. The molecule has 1 heterocycles. The summed E-state index contributed by atoms with van der Waals surface area (Å²) in [5, 5.41) is 19.7. The van der Waals surface area contributed by atoms with Crippen molar-refractivity contribution in [3.8, 4) is 0 Å². The molecule has 1 saturated heterocycles. The molecule has 1 aliphatic heterocycles. The van der Waals surface area contributed by atoms with E-state index in [1.165, 1.54) is 0 Å². The van der Waals surface area contributed by atoms with Crippen molar-refractivity contribution in [2.75, 3.05) is 13.1 Å². The molecule has 2 aliphatic rings. The number of hydrogen-bond acceptors (Lipinski definition) is 4. The first-order valence-electron chi connectivity index (χ1n) is 6.97. The number of rotatable bonds is 2. The maximum absolute atomic E-state index is 12.0. The average Bonchev–Trinajstić information content (AvgIpc) is 2.69. The first-order chi connectivity index (χ1) is 9.65. The predicted octanol–water partition coefficient (Wildman–Crippen LogP) is 0.997. The third-order valence-corrected chi connectivity index (χ3v) is 4.29. The van der Waals surface area contributed by atoms with Crippen LogP contribution in [0.3, 0.4) is 0 Å². The molecule has 1 aromatic carbocycles. The molecule has 5 nitrogen and oxygen atoms in total. The van der Waals surface area contributed by atoms with Gasteiger partial charge in [0.1, 0.15) is 6.61 Å². The van der Waals surface area contributed by atoms with Gasteiger partial charge in [-0.15, -0.1) is 0 Å². The Labute approximate surface area is 117 Å². The molecule has 2 bridgehead atoms. The van der Waals surface area contributed by atoms with E-state index in [4.69, 9.17) is 4.74 Å². The summed E-state index contributed by atoms with van der Waals surface area (Å²) >= 11 is 0. The minimum Gasteiger partial charge on any atom is -0.445 e. The van der Waals surface area contributed by atoms with E-state index in [1.54, 1.807) is 4.90 Å². The summed E-state index contributed by atoms with van der Waals surface area (Å²) in [6, 6.07) is 9.52. The quantitative estimate of drug-likeness (QED) is 0.846. The Hall–Kier alpha value is -1.59. The molecular formula is C15H19NO4. The third kappa shape index (κ3) is 2.51. The number of carbonyl (C=O) groups excluding carboxylic acids is 1. The Morgan fingerprint density at radius 3 is 2.35 bits per heavy atom. The molecule has 4 unspecified atom stereocenters. The topological polar surface area (TPSA) is 70.0 Å². The first-order valence-corrected chi connectivity index (χ1v) is 6.97. The Morgan fingerprint density at radius 1 is 1.15 bits per heavy atom. The molecule has 1 saturated carbocycles. The fraction of sp³-hybridized carbons (Fsp3) is 0.533. The molecular weight excluding hydrogens is 258 g/mol. The number of ether oxygens (including phenoxy) is 1. The van der Waals surface area contributed by atoms with Gasteiger partial charge in [0.15, 0.2) is 0 Å². The minimum absolute atomic E-state index is 0.0342. The predicted molar refractivity (Wildman–Crippen MR) is 71.8 cm³/mol. The van der Waals surface area contributed by atoms with Gasteiger partial charge < -0.3 is 19.8 Å². The van der Waals surface area contributed by atoms with Crippen LogP contribution < -0.4 is 0 Å². The second-order valence-corrected chi connectivity index (χ2v) is 5.68. The minimum atomic E-state index is -0.716. The highest BCUT2D eigenvalue weighted by molar-refractivity contribution is 5.68. The van der Waals surface area contributed by atoms with Gasteiger partial charge >= 0.3 is 6.09 Å². The number of aliphatic hydroxyl groups excluding tert-OH is 2. The first kappa shape index (κ1) is 13.4. The molecule has 108 valence electrons. The maximum atomic E-state index is 12.0. The Morgan fingerprint density at radius 2 is 1.75 bits per heavy atom. The van der Waals surface area contributed by atoms with Crippen LogP contribution in [0.15, 0.2) is 30.3 Å². The van der Waals surface area contributed by atoms with Crippen LogP contribution in [0.25, 0.3) is 0 Å². The third-order valence-electron chi connectivity index (χ3n) is 4.29. The molecule has 1 amide bonds. The lowest BCUT2D eigenvalue weighted by atomic mass is 9.99. The molecule has 0 aromatic heterocycles. The van der Waals surface area contributed by atoms with Crippen molar-refractivity contribution in [1.82, 2.24) is 4.90 Å². The van der Waals surface area contributed by atoms with Gasteiger partial charge in [0, 0.05) is 24.9 Å². The number of benzene rings is 1. The van der Waals surface area contributed by atoms with Crippen molar-refractivity contribution in [1.29, 1.82) is 0 Å². The van der Waals surface area contributed by atoms with Crippen LogP contribution in [0.1, 0.15) is 12.0 Å². The van der Waals surface area contributed by atoms with Gasteiger partial charge in [-0.3, -0.25) is 0 Å². The maximum Gasteiger partial charge on any atom is 0.410 e. The summed E-state index contributed by atoms with van der Waals surface area (Å²) in [6.07, 6.45) is -1.02. The molecule has 4 atom stereocenters. The van der Waals surface area contributed by atoms with Crippen LogP contribution in [-0.2, 0) is 11.3 Å². The Kier molecular flexibility index (Phi) is 3.63.